The minimum Gasteiger partial charge on any atom is -0.493 e. The van der Waals surface area contributed by atoms with E-state index in [1.54, 1.807) is 19.4 Å². The summed E-state index contributed by atoms with van der Waals surface area (Å²) in [6.07, 6.45) is 3.40. The Bertz CT molecular complexity index is 1280. The molecule has 0 spiro atoms. The van der Waals surface area contributed by atoms with Crippen LogP contribution in [-0.4, -0.2) is 19.6 Å². The summed E-state index contributed by atoms with van der Waals surface area (Å²) >= 11 is 0. The maximum absolute atomic E-state index is 11.9. The molecule has 0 unspecified atom stereocenters. The van der Waals surface area contributed by atoms with Gasteiger partial charge in [0, 0.05) is 35.2 Å². The molecule has 0 radical (unpaired) electrons. The molecule has 4 heteroatoms. The third-order valence-corrected chi connectivity index (χ3v) is 5.41. The Hall–Kier alpha value is -3.53. The van der Waals surface area contributed by atoms with Crippen LogP contribution >= 0.6 is 0 Å². The average Bonchev–Trinajstić information content (AvgIpc) is 3.19. The molecule has 0 aliphatic rings. The van der Waals surface area contributed by atoms with Gasteiger partial charge in [-0.05, 0) is 54.8 Å². The smallest absolute Gasteiger partial charge is 0.244 e. The third-order valence-electron chi connectivity index (χ3n) is 5.41. The van der Waals surface area contributed by atoms with Crippen LogP contribution in [0.3, 0.4) is 0 Å². The summed E-state index contributed by atoms with van der Waals surface area (Å²) in [6.45, 7) is 6.41. The van der Waals surface area contributed by atoms with E-state index in [1.807, 2.05) is 32.9 Å². The molecule has 1 aromatic heterocycles. The zero-order valence-corrected chi connectivity index (χ0v) is 17.7. The molecule has 4 rings (SSSR count). The number of carbonyl (C=O) groups is 1. The van der Waals surface area contributed by atoms with Gasteiger partial charge < -0.3 is 14.5 Å². The summed E-state index contributed by atoms with van der Waals surface area (Å²) < 4.78 is 11.9. The fourth-order valence-corrected chi connectivity index (χ4v) is 3.87. The Kier molecular flexibility index (Phi) is 5.32. The Morgan fingerprint density at radius 3 is 2.63 bits per heavy atom. The normalized spacial score (nSPS) is 11.8. The van der Waals surface area contributed by atoms with Gasteiger partial charge in [0.05, 0.1) is 12.9 Å². The second kappa shape index (κ2) is 8.07. The standard InChI is InChI=1S/C26H25NO3/c1-5-29-25-17(3)26-22(14-21(25)16(2)12-24(28)27-4)23(15-30-26)20-11-10-18-8-6-7-9-19(18)13-20/h6-15H,5H2,1-4H3,(H,27,28)/b16-12+. The van der Waals surface area contributed by atoms with Gasteiger partial charge in [0.15, 0.2) is 0 Å². The quantitative estimate of drug-likeness (QED) is 0.412. The number of likely N-dealkylation sites (N-methyl/N-ethyl adjacent to an activating group) is 1. The molecule has 0 saturated carbocycles. The monoisotopic (exact) mass is 399 g/mol. The number of rotatable bonds is 5. The molecular weight excluding hydrogens is 374 g/mol. The van der Waals surface area contributed by atoms with Crippen LogP contribution in [-0.2, 0) is 4.79 Å². The fourth-order valence-electron chi connectivity index (χ4n) is 3.87. The highest BCUT2D eigenvalue weighted by atomic mass is 16.5. The molecule has 1 N–H and O–H groups in total. The number of ether oxygens (including phenoxy) is 1. The summed E-state index contributed by atoms with van der Waals surface area (Å²) in [4.78, 5) is 11.9. The summed E-state index contributed by atoms with van der Waals surface area (Å²) in [5, 5.41) is 6.03. The minimum absolute atomic E-state index is 0.144. The number of nitrogens with one attached hydrogen (secondary N) is 1. The van der Waals surface area contributed by atoms with Gasteiger partial charge in [0.25, 0.3) is 0 Å². The molecule has 1 amide bonds. The van der Waals surface area contributed by atoms with Crippen molar-refractivity contribution in [1.82, 2.24) is 5.32 Å². The average molecular weight is 399 g/mol. The summed E-state index contributed by atoms with van der Waals surface area (Å²) in [6, 6.07) is 16.8. The number of fused-ring (bicyclic) bond motifs is 2. The summed E-state index contributed by atoms with van der Waals surface area (Å²) in [5.41, 5.74) is 5.59. The Morgan fingerprint density at radius 2 is 1.90 bits per heavy atom. The lowest BCUT2D eigenvalue weighted by Gasteiger charge is -2.15. The lowest BCUT2D eigenvalue weighted by molar-refractivity contribution is -0.116. The minimum atomic E-state index is -0.144. The van der Waals surface area contributed by atoms with Gasteiger partial charge in [0.2, 0.25) is 5.91 Å². The van der Waals surface area contributed by atoms with E-state index in [-0.39, 0.29) is 5.91 Å². The van der Waals surface area contributed by atoms with Crippen molar-refractivity contribution < 1.29 is 13.9 Å². The first-order valence-corrected chi connectivity index (χ1v) is 10.1. The van der Waals surface area contributed by atoms with Crippen LogP contribution < -0.4 is 10.1 Å². The molecular formula is C26H25NO3. The molecule has 4 nitrogen and oxygen atoms in total. The molecule has 30 heavy (non-hydrogen) atoms. The van der Waals surface area contributed by atoms with Crippen molar-refractivity contribution in [3.63, 3.8) is 0 Å². The van der Waals surface area contributed by atoms with Crippen LogP contribution in [0.5, 0.6) is 5.75 Å². The van der Waals surface area contributed by atoms with Crippen molar-refractivity contribution in [2.75, 3.05) is 13.7 Å². The van der Waals surface area contributed by atoms with Crippen LogP contribution in [0.2, 0.25) is 0 Å². The van der Waals surface area contributed by atoms with Gasteiger partial charge in [-0.2, -0.15) is 0 Å². The van der Waals surface area contributed by atoms with E-state index < -0.39 is 0 Å². The van der Waals surface area contributed by atoms with E-state index in [0.717, 1.165) is 44.5 Å². The number of hydrogen-bond donors (Lipinski definition) is 1. The number of hydrogen-bond acceptors (Lipinski definition) is 3. The Labute approximate surface area is 176 Å². The number of furan rings is 1. The molecule has 0 saturated heterocycles. The SMILES string of the molecule is CCOc1c(/C(C)=C/C(=O)NC)cc2c(-c3ccc4ccccc4c3)coc2c1C. The first-order chi connectivity index (χ1) is 14.5. The first-order valence-electron chi connectivity index (χ1n) is 10.1. The van der Waals surface area contributed by atoms with Gasteiger partial charge >= 0.3 is 0 Å². The van der Waals surface area contributed by atoms with Gasteiger partial charge in [-0.3, -0.25) is 4.79 Å². The highest BCUT2D eigenvalue weighted by Gasteiger charge is 2.19. The third kappa shape index (κ3) is 3.45. The van der Waals surface area contributed by atoms with E-state index in [4.69, 9.17) is 9.15 Å². The van der Waals surface area contributed by atoms with Crippen LogP contribution in [0.1, 0.15) is 25.0 Å². The van der Waals surface area contributed by atoms with Crippen molar-refractivity contribution in [3.8, 4) is 16.9 Å². The van der Waals surface area contributed by atoms with Crippen molar-refractivity contribution in [2.24, 2.45) is 0 Å². The lowest BCUT2D eigenvalue weighted by atomic mass is 9.95. The van der Waals surface area contributed by atoms with Gasteiger partial charge in [-0.25, -0.2) is 0 Å². The maximum Gasteiger partial charge on any atom is 0.244 e. The summed E-state index contributed by atoms with van der Waals surface area (Å²) in [7, 11) is 1.62. The summed E-state index contributed by atoms with van der Waals surface area (Å²) in [5.74, 6) is 0.608. The van der Waals surface area contributed by atoms with E-state index in [1.165, 1.54) is 10.8 Å². The molecule has 3 aromatic carbocycles. The van der Waals surface area contributed by atoms with E-state index in [0.29, 0.717) is 6.61 Å². The number of allylic oxidation sites excluding steroid dienone is 1. The largest absolute Gasteiger partial charge is 0.493 e. The highest BCUT2D eigenvalue weighted by molar-refractivity contribution is 6.02. The first kappa shape index (κ1) is 19.8. The van der Waals surface area contributed by atoms with Crippen LogP contribution in [0.4, 0.5) is 0 Å². The predicted molar refractivity (Wildman–Crippen MR) is 123 cm³/mol. The van der Waals surface area contributed by atoms with E-state index in [9.17, 15) is 4.79 Å². The topological polar surface area (TPSA) is 51.5 Å². The molecule has 152 valence electrons. The molecule has 0 atom stereocenters. The van der Waals surface area contributed by atoms with Crippen molar-refractivity contribution in [2.45, 2.75) is 20.8 Å². The maximum atomic E-state index is 11.9. The van der Waals surface area contributed by atoms with Gasteiger partial charge in [-0.15, -0.1) is 0 Å². The molecule has 4 aromatic rings. The number of carbonyl (C=O) groups excluding carboxylic acids is 1. The van der Waals surface area contributed by atoms with Gasteiger partial charge in [0.1, 0.15) is 11.3 Å². The lowest BCUT2D eigenvalue weighted by Crippen LogP contribution is -2.14. The molecule has 0 aliphatic carbocycles. The van der Waals surface area contributed by atoms with E-state index in [2.05, 4.69) is 41.7 Å². The second-order valence-electron chi connectivity index (χ2n) is 7.34. The molecule has 0 aliphatic heterocycles. The van der Waals surface area contributed by atoms with Crippen LogP contribution in [0.15, 0.2) is 65.3 Å². The fraction of sp³-hybridized carbons (Fsp3) is 0.192. The molecule has 0 bridgehead atoms. The van der Waals surface area contributed by atoms with Crippen molar-refractivity contribution in [1.29, 1.82) is 0 Å². The predicted octanol–water partition coefficient (Wildman–Crippen LogP) is 6.11. The van der Waals surface area contributed by atoms with Crippen molar-refractivity contribution >= 4 is 33.2 Å². The van der Waals surface area contributed by atoms with Gasteiger partial charge in [-0.1, -0.05) is 36.4 Å². The number of aryl methyl sites for hydroxylation is 1. The zero-order chi connectivity index (χ0) is 21.3. The Balaban J connectivity index is 1.94. The number of benzene rings is 3. The van der Waals surface area contributed by atoms with Crippen LogP contribution in [0, 0.1) is 6.92 Å². The van der Waals surface area contributed by atoms with Crippen LogP contribution in [0.25, 0.3) is 38.4 Å². The van der Waals surface area contributed by atoms with E-state index >= 15 is 0 Å². The number of amides is 1. The zero-order valence-electron chi connectivity index (χ0n) is 17.7. The van der Waals surface area contributed by atoms with Crippen molar-refractivity contribution in [3.05, 3.63) is 72.0 Å². The highest BCUT2D eigenvalue weighted by Crippen LogP contribution is 2.41. The second-order valence-corrected chi connectivity index (χ2v) is 7.34. The Morgan fingerprint density at radius 1 is 1.13 bits per heavy atom. The molecule has 0 fully saturated rings. The molecule has 1 heterocycles.